The van der Waals surface area contributed by atoms with Crippen molar-refractivity contribution in [3.05, 3.63) is 6.33 Å². The van der Waals surface area contributed by atoms with E-state index in [0.29, 0.717) is 0 Å². The first-order valence-corrected chi connectivity index (χ1v) is 5.50. The van der Waals surface area contributed by atoms with Crippen molar-refractivity contribution in [1.29, 1.82) is 0 Å². The lowest BCUT2D eigenvalue weighted by Gasteiger charge is -2.14. The molecule has 2 aromatic rings. The lowest BCUT2D eigenvalue weighted by Crippen LogP contribution is -2.33. The monoisotopic (exact) mass is 269 g/mol. The Kier molecular flexibility index (Phi) is 2.78. The van der Waals surface area contributed by atoms with Crippen molar-refractivity contribution < 1.29 is 25.2 Å². The van der Waals surface area contributed by atoms with E-state index in [2.05, 4.69) is 20.3 Å². The maximum atomic E-state index is 9.88. The number of rotatable bonds is 2. The molecule has 3 heterocycles. The van der Waals surface area contributed by atoms with Crippen LogP contribution in [0.15, 0.2) is 6.33 Å². The van der Waals surface area contributed by atoms with Gasteiger partial charge in [-0.25, -0.2) is 4.98 Å². The normalized spacial score (nSPS) is 31.1. The van der Waals surface area contributed by atoms with Gasteiger partial charge in [0.05, 0.1) is 6.61 Å². The van der Waals surface area contributed by atoms with Gasteiger partial charge in [0.1, 0.15) is 24.6 Å². The Morgan fingerprint density at radius 1 is 1.26 bits per heavy atom. The minimum Gasteiger partial charge on any atom is -0.492 e. The quantitative estimate of drug-likeness (QED) is 0.466. The predicted molar refractivity (Wildman–Crippen MR) is 57.8 cm³/mol. The predicted octanol–water partition coefficient (Wildman–Crippen LogP) is -2.46. The third-order valence-electron chi connectivity index (χ3n) is 3.00. The van der Waals surface area contributed by atoms with Crippen LogP contribution < -0.4 is 0 Å². The molecule has 1 aliphatic rings. The van der Waals surface area contributed by atoms with Crippen molar-refractivity contribution in [3.63, 3.8) is 0 Å². The fourth-order valence-corrected chi connectivity index (χ4v) is 2.01. The Hall–Kier alpha value is -1.88. The lowest BCUT2D eigenvalue weighted by atomic mass is 10.1. The smallest absolute Gasteiger partial charge is 0.244 e. The van der Waals surface area contributed by atoms with Gasteiger partial charge in [-0.2, -0.15) is 9.67 Å². The maximum Gasteiger partial charge on any atom is 0.244 e. The van der Waals surface area contributed by atoms with Crippen LogP contribution >= 0.6 is 0 Å². The number of ether oxygens (including phenoxy) is 1. The number of aliphatic hydroxyl groups excluding tert-OH is 3. The Morgan fingerprint density at radius 2 is 2.05 bits per heavy atom. The van der Waals surface area contributed by atoms with Crippen molar-refractivity contribution in [2.24, 2.45) is 0 Å². The molecule has 10 heteroatoms. The zero-order valence-electron chi connectivity index (χ0n) is 9.53. The number of aliphatic hydroxyl groups is 3. The highest BCUT2D eigenvalue weighted by Crippen LogP contribution is 2.31. The number of hydrogen-bond donors (Lipinski definition) is 4. The van der Waals surface area contributed by atoms with Crippen LogP contribution in [-0.2, 0) is 4.74 Å². The molecule has 10 nitrogen and oxygen atoms in total. The molecule has 0 bridgehead atoms. The highest BCUT2D eigenvalue weighted by atomic mass is 16.6. The van der Waals surface area contributed by atoms with E-state index in [0.717, 1.165) is 11.0 Å². The second-order valence-corrected chi connectivity index (χ2v) is 4.13. The molecule has 0 radical (unpaired) electrons. The van der Waals surface area contributed by atoms with Gasteiger partial charge >= 0.3 is 0 Å². The van der Waals surface area contributed by atoms with Crippen molar-refractivity contribution in [3.8, 4) is 5.88 Å². The Balaban J connectivity index is 2.04. The summed E-state index contributed by atoms with van der Waals surface area (Å²) in [5.74, 6) is -0.344. The largest absolute Gasteiger partial charge is 0.492 e. The first-order valence-electron chi connectivity index (χ1n) is 5.50. The van der Waals surface area contributed by atoms with Crippen LogP contribution in [0.4, 0.5) is 0 Å². The van der Waals surface area contributed by atoms with Gasteiger partial charge in [0.25, 0.3) is 0 Å². The van der Waals surface area contributed by atoms with Crippen molar-refractivity contribution in [2.45, 2.75) is 24.5 Å². The van der Waals surface area contributed by atoms with Gasteiger partial charge in [-0.15, -0.1) is 5.10 Å². The van der Waals surface area contributed by atoms with E-state index < -0.39 is 31.1 Å². The van der Waals surface area contributed by atoms with Crippen molar-refractivity contribution in [1.82, 2.24) is 25.0 Å². The molecule has 3 rings (SSSR count). The Bertz CT molecular complexity index is 604. The van der Waals surface area contributed by atoms with Crippen LogP contribution in [0.3, 0.4) is 0 Å². The van der Waals surface area contributed by atoms with E-state index in [1.807, 2.05) is 0 Å². The second kappa shape index (κ2) is 4.35. The van der Waals surface area contributed by atoms with Crippen LogP contribution in [-0.4, -0.2) is 70.3 Å². The summed E-state index contributed by atoms with van der Waals surface area (Å²) in [6, 6.07) is 0. The van der Waals surface area contributed by atoms with Gasteiger partial charge in [-0.05, 0) is 0 Å². The van der Waals surface area contributed by atoms with Gasteiger partial charge < -0.3 is 25.2 Å². The first-order chi connectivity index (χ1) is 9.13. The summed E-state index contributed by atoms with van der Waals surface area (Å²) in [7, 11) is 0. The number of aromatic nitrogens is 5. The lowest BCUT2D eigenvalue weighted by molar-refractivity contribution is -0.0574. The third kappa shape index (κ3) is 1.73. The number of nitrogens with zero attached hydrogens (tertiary/aromatic N) is 5. The summed E-state index contributed by atoms with van der Waals surface area (Å²) in [5, 5.41) is 45.5. The van der Waals surface area contributed by atoms with E-state index in [-0.39, 0.29) is 17.0 Å². The minimum absolute atomic E-state index is 0.0558. The SMILES string of the molecule is OCC1OC(n2nnc3c(O)ncnc32)C(O)C1O. The summed E-state index contributed by atoms with van der Waals surface area (Å²) < 4.78 is 6.42. The van der Waals surface area contributed by atoms with Crippen LogP contribution in [0.5, 0.6) is 5.88 Å². The van der Waals surface area contributed by atoms with Gasteiger partial charge in [0, 0.05) is 0 Å². The number of fused-ring (bicyclic) bond motifs is 1. The van der Waals surface area contributed by atoms with Gasteiger partial charge in [0.2, 0.25) is 5.88 Å². The highest BCUT2D eigenvalue weighted by molar-refractivity contribution is 5.74. The van der Waals surface area contributed by atoms with Crippen LogP contribution in [0, 0.1) is 0 Å². The molecule has 102 valence electrons. The highest BCUT2D eigenvalue weighted by Gasteiger charge is 2.44. The molecule has 4 unspecified atom stereocenters. The van der Waals surface area contributed by atoms with Gasteiger partial charge in [-0.1, -0.05) is 5.21 Å². The molecule has 0 aliphatic carbocycles. The van der Waals surface area contributed by atoms with E-state index in [4.69, 9.17) is 9.84 Å². The molecule has 4 N–H and O–H groups in total. The molecule has 0 aromatic carbocycles. The zero-order chi connectivity index (χ0) is 13.6. The molecule has 1 saturated heterocycles. The standard InChI is InChI=1S/C9H11N5O5/c15-1-3-5(16)6(17)9(19-3)14-7-4(12-13-14)8(18)11-2-10-7/h2-3,5-6,9,15-17H,1H2,(H,10,11,18). The molecular weight excluding hydrogens is 258 g/mol. The number of aromatic hydroxyl groups is 1. The van der Waals surface area contributed by atoms with Crippen molar-refractivity contribution >= 4 is 11.2 Å². The molecule has 19 heavy (non-hydrogen) atoms. The molecule has 0 spiro atoms. The fraction of sp³-hybridized carbons (Fsp3) is 0.556. The number of hydrogen-bond acceptors (Lipinski definition) is 9. The third-order valence-corrected chi connectivity index (χ3v) is 3.00. The fourth-order valence-electron chi connectivity index (χ4n) is 2.01. The van der Waals surface area contributed by atoms with Gasteiger partial charge in [0.15, 0.2) is 17.4 Å². The van der Waals surface area contributed by atoms with Crippen LogP contribution in [0.25, 0.3) is 11.2 Å². The van der Waals surface area contributed by atoms with E-state index in [1.165, 1.54) is 0 Å². The molecular formula is C9H11N5O5. The Morgan fingerprint density at radius 3 is 2.74 bits per heavy atom. The van der Waals surface area contributed by atoms with E-state index >= 15 is 0 Å². The topological polar surface area (TPSA) is 147 Å². The molecule has 2 aromatic heterocycles. The minimum atomic E-state index is -1.29. The summed E-state index contributed by atoms with van der Waals surface area (Å²) in [5.41, 5.74) is 0.211. The maximum absolute atomic E-state index is 9.88. The average Bonchev–Trinajstić information content (AvgIpc) is 2.94. The molecule has 4 atom stereocenters. The summed E-state index contributed by atoms with van der Waals surface area (Å²) in [6.07, 6.45) is -3.40. The molecule has 0 saturated carbocycles. The second-order valence-electron chi connectivity index (χ2n) is 4.13. The van der Waals surface area contributed by atoms with E-state index in [1.54, 1.807) is 0 Å². The van der Waals surface area contributed by atoms with Crippen LogP contribution in [0.2, 0.25) is 0 Å². The molecule has 0 amide bonds. The molecule has 1 aliphatic heterocycles. The molecule has 1 fully saturated rings. The zero-order valence-corrected chi connectivity index (χ0v) is 9.53. The average molecular weight is 269 g/mol. The van der Waals surface area contributed by atoms with Crippen molar-refractivity contribution in [2.75, 3.05) is 6.61 Å². The van der Waals surface area contributed by atoms with Gasteiger partial charge in [-0.3, -0.25) is 0 Å². The van der Waals surface area contributed by atoms with E-state index in [9.17, 15) is 15.3 Å². The first kappa shape index (κ1) is 12.2. The van der Waals surface area contributed by atoms with Crippen LogP contribution in [0.1, 0.15) is 6.23 Å². The summed E-state index contributed by atoms with van der Waals surface area (Å²) >= 11 is 0. The summed E-state index contributed by atoms with van der Waals surface area (Å²) in [4.78, 5) is 7.44. The Labute approximate surface area is 105 Å². The summed E-state index contributed by atoms with van der Waals surface area (Å²) in [6.45, 7) is -0.443.